The Labute approximate surface area is 137 Å². The molecule has 1 amide bonds. The number of likely N-dealkylation sites (N-methyl/N-ethyl adjacent to an activating group) is 1. The number of carbonyl (C=O) groups is 1. The van der Waals surface area contributed by atoms with Gasteiger partial charge >= 0.3 is 0 Å². The monoisotopic (exact) mass is 311 g/mol. The van der Waals surface area contributed by atoms with Gasteiger partial charge in [0.25, 0.3) is 5.91 Å². The molecular formula is C19H25N3O. The van der Waals surface area contributed by atoms with Gasteiger partial charge in [0.2, 0.25) is 0 Å². The third-order valence-electron chi connectivity index (χ3n) is 4.57. The minimum atomic E-state index is -0.00796. The minimum Gasteiger partial charge on any atom is -0.350 e. The van der Waals surface area contributed by atoms with Gasteiger partial charge in [-0.3, -0.25) is 9.78 Å². The Kier molecular flexibility index (Phi) is 4.35. The molecule has 1 unspecified atom stereocenters. The van der Waals surface area contributed by atoms with Crippen molar-refractivity contribution in [2.45, 2.75) is 45.6 Å². The van der Waals surface area contributed by atoms with E-state index in [-0.39, 0.29) is 11.9 Å². The molecule has 0 saturated heterocycles. The van der Waals surface area contributed by atoms with Crippen LogP contribution < -0.4 is 10.6 Å². The maximum Gasteiger partial charge on any atom is 0.252 e. The third kappa shape index (κ3) is 3.37. The molecule has 4 nitrogen and oxygen atoms in total. The molecule has 2 aromatic rings. The lowest BCUT2D eigenvalue weighted by atomic mass is 10.00. The SMILES string of the molecule is CNC(C)CNC(=O)c1cc(C2CC2)nc2c(C)cc(C)cc12. The first-order chi connectivity index (χ1) is 11.0. The zero-order chi connectivity index (χ0) is 16.6. The first-order valence-electron chi connectivity index (χ1n) is 8.37. The van der Waals surface area contributed by atoms with E-state index in [0.29, 0.717) is 12.5 Å². The molecule has 0 radical (unpaired) electrons. The molecule has 1 atom stereocenters. The summed E-state index contributed by atoms with van der Waals surface area (Å²) in [6.45, 7) is 6.80. The molecule has 1 aliphatic rings. The molecule has 1 aromatic carbocycles. The zero-order valence-electron chi connectivity index (χ0n) is 14.4. The Morgan fingerprint density at radius 3 is 2.70 bits per heavy atom. The number of benzene rings is 1. The topological polar surface area (TPSA) is 54.0 Å². The van der Waals surface area contributed by atoms with Gasteiger partial charge in [-0.05, 0) is 58.4 Å². The highest BCUT2D eigenvalue weighted by atomic mass is 16.1. The van der Waals surface area contributed by atoms with Crippen molar-refractivity contribution in [1.29, 1.82) is 0 Å². The van der Waals surface area contributed by atoms with Crippen LogP contribution in [0.25, 0.3) is 10.9 Å². The first-order valence-corrected chi connectivity index (χ1v) is 8.37. The van der Waals surface area contributed by atoms with Crippen LogP contribution in [-0.4, -0.2) is 30.5 Å². The highest BCUT2D eigenvalue weighted by molar-refractivity contribution is 6.07. The van der Waals surface area contributed by atoms with Crippen LogP contribution in [-0.2, 0) is 0 Å². The summed E-state index contributed by atoms with van der Waals surface area (Å²) in [5, 5.41) is 7.14. The van der Waals surface area contributed by atoms with Crippen molar-refractivity contribution in [2.24, 2.45) is 0 Å². The van der Waals surface area contributed by atoms with Crippen LogP contribution in [0.4, 0.5) is 0 Å². The normalized spacial score (nSPS) is 15.7. The Hall–Kier alpha value is -1.94. The Morgan fingerprint density at radius 1 is 1.30 bits per heavy atom. The molecule has 3 rings (SSSR count). The summed E-state index contributed by atoms with van der Waals surface area (Å²) in [6, 6.07) is 6.45. The van der Waals surface area contributed by atoms with Gasteiger partial charge in [-0.25, -0.2) is 0 Å². The van der Waals surface area contributed by atoms with Crippen LogP contribution >= 0.6 is 0 Å². The van der Waals surface area contributed by atoms with Gasteiger partial charge in [0, 0.05) is 29.6 Å². The van der Waals surface area contributed by atoms with E-state index in [1.807, 2.05) is 13.1 Å². The van der Waals surface area contributed by atoms with Crippen molar-refractivity contribution in [3.05, 3.63) is 40.6 Å². The average molecular weight is 311 g/mol. The molecule has 1 fully saturated rings. The number of carbonyl (C=O) groups excluding carboxylic acids is 1. The first kappa shape index (κ1) is 15.9. The Balaban J connectivity index is 2.04. The second-order valence-corrected chi connectivity index (χ2v) is 6.75. The fraction of sp³-hybridized carbons (Fsp3) is 0.474. The number of amides is 1. The predicted octanol–water partition coefficient (Wildman–Crippen LogP) is 3.07. The van der Waals surface area contributed by atoms with E-state index in [2.05, 4.69) is 43.5 Å². The lowest BCUT2D eigenvalue weighted by molar-refractivity contribution is 0.0952. The molecule has 0 spiro atoms. The molecule has 23 heavy (non-hydrogen) atoms. The lowest BCUT2D eigenvalue weighted by Gasteiger charge is -2.14. The van der Waals surface area contributed by atoms with Gasteiger partial charge in [0.05, 0.1) is 11.1 Å². The van der Waals surface area contributed by atoms with Gasteiger partial charge in [-0.15, -0.1) is 0 Å². The van der Waals surface area contributed by atoms with E-state index in [1.54, 1.807) is 0 Å². The summed E-state index contributed by atoms with van der Waals surface area (Å²) in [4.78, 5) is 17.6. The summed E-state index contributed by atoms with van der Waals surface area (Å²) >= 11 is 0. The van der Waals surface area contributed by atoms with E-state index in [1.165, 1.54) is 12.8 Å². The van der Waals surface area contributed by atoms with Crippen molar-refractivity contribution in [3.8, 4) is 0 Å². The number of rotatable bonds is 5. The molecular weight excluding hydrogens is 286 g/mol. The summed E-state index contributed by atoms with van der Waals surface area (Å²) < 4.78 is 0. The van der Waals surface area contributed by atoms with Gasteiger partial charge in [0.1, 0.15) is 0 Å². The standard InChI is InChI=1S/C19H25N3O/c1-11-7-12(2)18-15(8-11)16(9-17(22-18)14-5-6-14)19(23)21-10-13(3)20-4/h7-9,13-14,20H,5-6,10H2,1-4H3,(H,21,23). The molecule has 0 bridgehead atoms. The van der Waals surface area contributed by atoms with E-state index in [0.717, 1.165) is 33.3 Å². The lowest BCUT2D eigenvalue weighted by Crippen LogP contribution is -2.37. The van der Waals surface area contributed by atoms with E-state index < -0.39 is 0 Å². The van der Waals surface area contributed by atoms with Gasteiger partial charge in [-0.2, -0.15) is 0 Å². The maximum atomic E-state index is 12.7. The fourth-order valence-corrected chi connectivity index (χ4v) is 2.92. The highest BCUT2D eigenvalue weighted by Gasteiger charge is 2.27. The Bertz CT molecular complexity index is 750. The van der Waals surface area contributed by atoms with Crippen LogP contribution in [0.5, 0.6) is 0 Å². The summed E-state index contributed by atoms with van der Waals surface area (Å²) in [5.41, 5.74) is 5.09. The van der Waals surface area contributed by atoms with Crippen molar-refractivity contribution in [2.75, 3.05) is 13.6 Å². The van der Waals surface area contributed by atoms with Crippen molar-refractivity contribution < 1.29 is 4.79 Å². The van der Waals surface area contributed by atoms with E-state index in [9.17, 15) is 4.79 Å². The molecule has 1 saturated carbocycles. The smallest absolute Gasteiger partial charge is 0.252 e. The minimum absolute atomic E-state index is 0.00796. The number of aryl methyl sites for hydroxylation is 2. The number of fused-ring (bicyclic) bond motifs is 1. The molecule has 0 aliphatic heterocycles. The average Bonchev–Trinajstić information content (AvgIpc) is 3.36. The zero-order valence-corrected chi connectivity index (χ0v) is 14.4. The van der Waals surface area contributed by atoms with Gasteiger partial charge in [0.15, 0.2) is 0 Å². The van der Waals surface area contributed by atoms with Crippen molar-refractivity contribution in [1.82, 2.24) is 15.6 Å². The van der Waals surface area contributed by atoms with Crippen LogP contribution in [0.3, 0.4) is 0 Å². The summed E-state index contributed by atoms with van der Waals surface area (Å²) in [7, 11) is 1.90. The van der Waals surface area contributed by atoms with Crippen molar-refractivity contribution in [3.63, 3.8) is 0 Å². The van der Waals surface area contributed by atoms with Crippen LogP contribution in [0.1, 0.15) is 52.9 Å². The molecule has 1 aliphatic carbocycles. The van der Waals surface area contributed by atoms with Crippen molar-refractivity contribution >= 4 is 16.8 Å². The number of pyridine rings is 1. The number of nitrogens with zero attached hydrogens (tertiary/aromatic N) is 1. The van der Waals surface area contributed by atoms with E-state index in [4.69, 9.17) is 4.98 Å². The Morgan fingerprint density at radius 2 is 2.04 bits per heavy atom. The molecule has 122 valence electrons. The number of hydrogen-bond donors (Lipinski definition) is 2. The van der Waals surface area contributed by atoms with Gasteiger partial charge < -0.3 is 10.6 Å². The predicted molar refractivity (Wildman–Crippen MR) is 94.0 cm³/mol. The second kappa shape index (κ2) is 6.28. The maximum absolute atomic E-state index is 12.7. The van der Waals surface area contributed by atoms with Crippen LogP contribution in [0.2, 0.25) is 0 Å². The highest BCUT2D eigenvalue weighted by Crippen LogP contribution is 2.40. The molecule has 4 heteroatoms. The molecule has 1 aromatic heterocycles. The van der Waals surface area contributed by atoms with E-state index >= 15 is 0 Å². The van der Waals surface area contributed by atoms with Gasteiger partial charge in [-0.1, -0.05) is 11.6 Å². The van der Waals surface area contributed by atoms with Crippen LogP contribution in [0, 0.1) is 13.8 Å². The van der Waals surface area contributed by atoms with Crippen LogP contribution in [0.15, 0.2) is 18.2 Å². The summed E-state index contributed by atoms with van der Waals surface area (Å²) in [5.74, 6) is 0.522. The fourth-order valence-electron chi connectivity index (χ4n) is 2.92. The largest absolute Gasteiger partial charge is 0.350 e. The number of aromatic nitrogens is 1. The quantitative estimate of drug-likeness (QED) is 0.892. The third-order valence-corrected chi connectivity index (χ3v) is 4.57. The molecule has 2 N–H and O–H groups in total. The second-order valence-electron chi connectivity index (χ2n) is 6.75. The number of hydrogen-bond acceptors (Lipinski definition) is 3. The summed E-state index contributed by atoms with van der Waals surface area (Å²) in [6.07, 6.45) is 2.36. The number of nitrogens with one attached hydrogen (secondary N) is 2. The molecule has 1 heterocycles.